The first-order valence-electron chi connectivity index (χ1n) is 13.2. The molecule has 174 valence electrons. The molecule has 0 bridgehead atoms. The Kier molecular flexibility index (Phi) is 5.02. The lowest BCUT2D eigenvalue weighted by Gasteiger charge is -2.64. The van der Waals surface area contributed by atoms with E-state index in [1.54, 1.807) is 5.57 Å². The molecule has 0 aromatic heterocycles. The van der Waals surface area contributed by atoms with Gasteiger partial charge in [-0.25, -0.2) is 0 Å². The molecule has 0 heterocycles. The van der Waals surface area contributed by atoms with Gasteiger partial charge in [0.15, 0.2) is 0 Å². The van der Waals surface area contributed by atoms with Crippen molar-refractivity contribution in [3.63, 3.8) is 0 Å². The van der Waals surface area contributed by atoms with Crippen molar-refractivity contribution in [3.8, 4) is 0 Å². The van der Waals surface area contributed by atoms with Crippen LogP contribution in [0.2, 0.25) is 0 Å². The van der Waals surface area contributed by atoms with Crippen LogP contribution in [-0.2, 0) is 4.79 Å². The Hall–Kier alpha value is -0.830. The Bertz CT molecular complexity index is 783. The largest absolute Gasteiger partial charge is 0.481 e. The van der Waals surface area contributed by atoms with Crippen molar-refractivity contribution in [3.05, 3.63) is 11.6 Å². The van der Waals surface area contributed by atoms with Crippen LogP contribution in [0, 0.1) is 57.7 Å². The van der Waals surface area contributed by atoms with Crippen LogP contribution in [0.5, 0.6) is 0 Å². The summed E-state index contributed by atoms with van der Waals surface area (Å²) < 4.78 is 0. The fourth-order valence-electron chi connectivity index (χ4n) is 9.99. The topological polar surface area (TPSA) is 57.5 Å². The molecular weight excluding hydrogens is 384 g/mol. The van der Waals surface area contributed by atoms with Gasteiger partial charge in [-0.2, -0.15) is 0 Å². The van der Waals surface area contributed by atoms with Gasteiger partial charge in [-0.1, -0.05) is 46.3 Å². The van der Waals surface area contributed by atoms with E-state index in [0.29, 0.717) is 40.9 Å². The summed E-state index contributed by atoms with van der Waals surface area (Å²) >= 11 is 0. The van der Waals surface area contributed by atoms with Gasteiger partial charge in [0.2, 0.25) is 0 Å². The van der Waals surface area contributed by atoms with Crippen LogP contribution in [-0.4, -0.2) is 22.3 Å². The molecule has 0 aromatic carbocycles. The normalized spacial score (nSPS) is 53.3. The highest BCUT2D eigenvalue weighted by atomic mass is 16.4. The zero-order valence-corrected chi connectivity index (χ0v) is 20.4. The molecule has 0 aliphatic heterocycles. The molecule has 10 atom stereocenters. The van der Waals surface area contributed by atoms with E-state index in [4.69, 9.17) is 0 Å². The highest BCUT2D eigenvalue weighted by molar-refractivity contribution is 5.76. The Labute approximate surface area is 189 Å². The van der Waals surface area contributed by atoms with E-state index >= 15 is 0 Å². The maximum Gasteiger partial charge on any atom is 0.310 e. The van der Waals surface area contributed by atoms with E-state index in [1.165, 1.54) is 12.8 Å². The van der Waals surface area contributed by atoms with E-state index in [0.717, 1.165) is 44.9 Å². The van der Waals surface area contributed by atoms with Crippen LogP contribution in [0.4, 0.5) is 0 Å². The molecule has 3 nitrogen and oxygen atoms in total. The first kappa shape index (κ1) is 22.0. The summed E-state index contributed by atoms with van der Waals surface area (Å²) in [4.78, 5) is 12.6. The van der Waals surface area contributed by atoms with Gasteiger partial charge in [-0.05, 0) is 110 Å². The minimum absolute atomic E-state index is 0.000301. The summed E-state index contributed by atoms with van der Waals surface area (Å²) in [5, 5.41) is 21.1. The number of carboxylic acids is 1. The van der Waals surface area contributed by atoms with E-state index < -0.39 is 11.4 Å². The third-order valence-corrected chi connectivity index (χ3v) is 12.0. The molecule has 0 unspecified atom stereocenters. The van der Waals surface area contributed by atoms with Crippen LogP contribution in [0.25, 0.3) is 0 Å². The third kappa shape index (κ3) is 2.83. The number of carbonyl (C=O) groups is 1. The van der Waals surface area contributed by atoms with Crippen molar-refractivity contribution in [1.82, 2.24) is 0 Å². The quantitative estimate of drug-likeness (QED) is 0.481. The van der Waals surface area contributed by atoms with Crippen molar-refractivity contribution < 1.29 is 15.0 Å². The first-order valence-corrected chi connectivity index (χ1v) is 13.2. The highest BCUT2D eigenvalue weighted by Gasteiger charge is 2.62. The lowest BCUT2D eigenvalue weighted by Crippen LogP contribution is -2.59. The lowest BCUT2D eigenvalue weighted by molar-refractivity contribution is -0.169. The second kappa shape index (κ2) is 7.08. The van der Waals surface area contributed by atoms with Crippen molar-refractivity contribution in [2.45, 2.75) is 98.5 Å². The van der Waals surface area contributed by atoms with E-state index in [9.17, 15) is 15.0 Å². The number of hydrogen-bond acceptors (Lipinski definition) is 2. The Morgan fingerprint density at radius 3 is 2.42 bits per heavy atom. The zero-order valence-electron chi connectivity index (χ0n) is 20.4. The Morgan fingerprint density at radius 1 is 1.00 bits per heavy atom. The van der Waals surface area contributed by atoms with Gasteiger partial charge >= 0.3 is 5.97 Å². The van der Waals surface area contributed by atoms with E-state index in [1.807, 2.05) is 0 Å². The number of aliphatic hydroxyl groups excluding tert-OH is 1. The molecule has 0 saturated heterocycles. The number of rotatable bonds is 1. The number of hydrogen-bond donors (Lipinski definition) is 2. The Morgan fingerprint density at radius 2 is 1.71 bits per heavy atom. The monoisotopic (exact) mass is 428 g/mol. The number of aliphatic carboxylic acids is 1. The molecule has 4 saturated carbocycles. The molecule has 0 aromatic rings. The second-order valence-electron chi connectivity index (χ2n) is 13.2. The molecule has 5 rings (SSSR count). The van der Waals surface area contributed by atoms with Crippen LogP contribution in [0.1, 0.15) is 92.4 Å². The zero-order chi connectivity index (χ0) is 22.3. The molecule has 3 heteroatoms. The minimum Gasteiger partial charge on any atom is -0.481 e. The molecule has 5 aliphatic rings. The van der Waals surface area contributed by atoms with Gasteiger partial charge in [0, 0.05) is 0 Å². The molecule has 0 radical (unpaired) electrons. The van der Waals surface area contributed by atoms with Gasteiger partial charge in [-0.3, -0.25) is 4.79 Å². The molecular formula is C28H44O3. The first-order chi connectivity index (χ1) is 14.5. The number of carboxylic acid groups (broad SMARTS) is 1. The van der Waals surface area contributed by atoms with Gasteiger partial charge in [0.25, 0.3) is 0 Å². The lowest BCUT2D eigenvalue weighted by atomic mass is 9.40. The van der Waals surface area contributed by atoms with Crippen LogP contribution in [0.15, 0.2) is 11.6 Å². The smallest absolute Gasteiger partial charge is 0.310 e. The summed E-state index contributed by atoms with van der Waals surface area (Å²) in [6.07, 6.45) is 11.9. The molecule has 0 spiro atoms. The predicted molar refractivity (Wildman–Crippen MR) is 123 cm³/mol. The Balaban J connectivity index is 1.52. The van der Waals surface area contributed by atoms with Crippen LogP contribution in [0.3, 0.4) is 0 Å². The average Bonchev–Trinajstić information content (AvgIpc) is 2.73. The SMILES string of the molecule is C[C@H]1[C@H](C)CC[C@]2(C(=O)O)CC[C@@H]3C(=CC[C@H]4[C@H]3CC[C@H]3C(C)(C)[C@@H](O)CC[C@]43C)[C@H]12. The number of allylic oxidation sites excluding steroid dienone is 2. The number of fused-ring (bicyclic) bond motifs is 7. The van der Waals surface area contributed by atoms with Crippen molar-refractivity contribution >= 4 is 5.97 Å². The van der Waals surface area contributed by atoms with E-state index in [2.05, 4.69) is 40.7 Å². The highest BCUT2D eigenvalue weighted by Crippen LogP contribution is 2.68. The van der Waals surface area contributed by atoms with Gasteiger partial charge < -0.3 is 10.2 Å². The molecule has 4 fully saturated rings. The molecule has 2 N–H and O–H groups in total. The molecule has 5 aliphatic carbocycles. The third-order valence-electron chi connectivity index (χ3n) is 12.0. The summed E-state index contributed by atoms with van der Waals surface area (Å²) in [6.45, 7) is 11.8. The molecule has 31 heavy (non-hydrogen) atoms. The average molecular weight is 429 g/mol. The maximum atomic E-state index is 12.6. The summed E-state index contributed by atoms with van der Waals surface area (Å²) in [5.74, 6) is 3.38. The van der Waals surface area contributed by atoms with Crippen molar-refractivity contribution in [2.75, 3.05) is 0 Å². The fourth-order valence-corrected chi connectivity index (χ4v) is 9.99. The summed E-state index contributed by atoms with van der Waals surface area (Å²) in [5.41, 5.74) is 1.34. The van der Waals surface area contributed by atoms with Crippen molar-refractivity contribution in [2.24, 2.45) is 57.7 Å². The van der Waals surface area contributed by atoms with E-state index in [-0.39, 0.29) is 17.4 Å². The molecule has 0 amide bonds. The fraction of sp³-hybridized carbons (Fsp3) is 0.893. The second-order valence-corrected chi connectivity index (χ2v) is 13.2. The van der Waals surface area contributed by atoms with Gasteiger partial charge in [-0.15, -0.1) is 0 Å². The minimum atomic E-state index is -0.531. The number of aliphatic hydroxyl groups is 1. The van der Waals surface area contributed by atoms with Crippen molar-refractivity contribution in [1.29, 1.82) is 0 Å². The summed E-state index contributed by atoms with van der Waals surface area (Å²) in [6, 6.07) is 0. The summed E-state index contributed by atoms with van der Waals surface area (Å²) in [7, 11) is 0. The predicted octanol–water partition coefficient (Wildman–Crippen LogP) is 6.31. The van der Waals surface area contributed by atoms with Crippen LogP contribution >= 0.6 is 0 Å². The van der Waals surface area contributed by atoms with Crippen LogP contribution < -0.4 is 0 Å². The maximum absolute atomic E-state index is 12.6. The van der Waals surface area contributed by atoms with Gasteiger partial charge in [0.1, 0.15) is 0 Å². The standard InChI is InChI=1S/C28H44O3/c1-16-10-14-28(25(30)31)15-11-18-19-7-9-22-26(3,4)23(29)12-13-27(22,5)21(19)8-6-20(18)24(28)17(16)2/h6,16-19,21-24,29H,7-15H2,1-5H3,(H,30,31)/t16-,17+,18+,19+,21+,22+,23+,24+,27-,28+/m1/s1. The van der Waals surface area contributed by atoms with Gasteiger partial charge in [0.05, 0.1) is 11.5 Å².